The Kier molecular flexibility index (Phi) is 4.43. The molecule has 1 atom stereocenters. The summed E-state index contributed by atoms with van der Waals surface area (Å²) in [6.45, 7) is 11.2. The Balaban J connectivity index is 2.19. The summed E-state index contributed by atoms with van der Waals surface area (Å²) in [7, 11) is 1.98. The first-order chi connectivity index (χ1) is 9.34. The van der Waals surface area contributed by atoms with Gasteiger partial charge in [0, 0.05) is 25.7 Å². The first kappa shape index (κ1) is 15.4. The highest BCUT2D eigenvalue weighted by Gasteiger charge is 2.28. The molecule has 1 aliphatic rings. The third-order valence-corrected chi connectivity index (χ3v) is 4.72. The van der Waals surface area contributed by atoms with Gasteiger partial charge < -0.3 is 10.0 Å². The van der Waals surface area contributed by atoms with Crippen LogP contribution < -0.4 is 4.90 Å². The van der Waals surface area contributed by atoms with Crippen molar-refractivity contribution in [1.82, 2.24) is 9.78 Å². The SMILES string of the molecule is Cc1nn(C)c(N2CCCC(C(C)(C)C)CC2)c1CO. The molecule has 0 amide bonds. The average Bonchev–Trinajstić information content (AvgIpc) is 2.55. The zero-order chi connectivity index (χ0) is 14.9. The Morgan fingerprint density at radius 1 is 1.25 bits per heavy atom. The lowest BCUT2D eigenvalue weighted by Gasteiger charge is -2.30. The van der Waals surface area contributed by atoms with Gasteiger partial charge in [0.05, 0.1) is 12.3 Å². The van der Waals surface area contributed by atoms with E-state index in [0.717, 1.165) is 36.1 Å². The standard InChI is InChI=1S/C16H29N3O/c1-12-14(11-20)15(18(5)17-12)19-9-6-7-13(8-10-19)16(2,3)4/h13,20H,6-11H2,1-5H3. The Morgan fingerprint density at radius 2 is 1.95 bits per heavy atom. The highest BCUT2D eigenvalue weighted by Crippen LogP contribution is 2.36. The van der Waals surface area contributed by atoms with E-state index in [1.54, 1.807) is 0 Å². The van der Waals surface area contributed by atoms with Crippen LogP contribution in [0.5, 0.6) is 0 Å². The molecular formula is C16H29N3O. The van der Waals surface area contributed by atoms with Gasteiger partial charge in [0.25, 0.3) is 0 Å². The van der Waals surface area contributed by atoms with Crippen molar-refractivity contribution in [1.29, 1.82) is 0 Å². The van der Waals surface area contributed by atoms with E-state index >= 15 is 0 Å². The van der Waals surface area contributed by atoms with Crippen LogP contribution >= 0.6 is 0 Å². The summed E-state index contributed by atoms with van der Waals surface area (Å²) in [5.74, 6) is 1.89. The van der Waals surface area contributed by atoms with Gasteiger partial charge in [-0.1, -0.05) is 20.8 Å². The Morgan fingerprint density at radius 3 is 2.55 bits per heavy atom. The zero-order valence-corrected chi connectivity index (χ0v) is 13.6. The lowest BCUT2D eigenvalue weighted by molar-refractivity contribution is 0.220. The summed E-state index contributed by atoms with van der Waals surface area (Å²) in [4.78, 5) is 2.41. The predicted molar refractivity (Wildman–Crippen MR) is 82.9 cm³/mol. The Bertz CT molecular complexity index is 459. The number of aryl methyl sites for hydroxylation is 2. The van der Waals surface area contributed by atoms with Crippen LogP contribution in [0, 0.1) is 18.3 Å². The Labute approximate surface area is 122 Å². The Hall–Kier alpha value is -1.03. The molecule has 114 valence electrons. The zero-order valence-electron chi connectivity index (χ0n) is 13.6. The van der Waals surface area contributed by atoms with E-state index in [1.807, 2.05) is 18.7 Å². The van der Waals surface area contributed by atoms with Crippen LogP contribution in [0.1, 0.15) is 51.3 Å². The van der Waals surface area contributed by atoms with E-state index in [2.05, 4.69) is 30.8 Å². The maximum absolute atomic E-state index is 9.61. The molecule has 20 heavy (non-hydrogen) atoms. The highest BCUT2D eigenvalue weighted by atomic mass is 16.3. The predicted octanol–water partition coefficient (Wildman–Crippen LogP) is 2.87. The summed E-state index contributed by atoms with van der Waals surface area (Å²) < 4.78 is 1.93. The van der Waals surface area contributed by atoms with E-state index in [9.17, 15) is 5.11 Å². The summed E-state index contributed by atoms with van der Waals surface area (Å²) in [5, 5.41) is 14.1. The van der Waals surface area contributed by atoms with Crippen LogP contribution in [0.2, 0.25) is 0 Å². The number of nitrogens with zero attached hydrogens (tertiary/aromatic N) is 3. The summed E-state index contributed by atoms with van der Waals surface area (Å²) in [5.41, 5.74) is 2.32. The molecule has 4 nitrogen and oxygen atoms in total. The summed E-state index contributed by atoms with van der Waals surface area (Å²) >= 11 is 0. The quantitative estimate of drug-likeness (QED) is 0.905. The summed E-state index contributed by atoms with van der Waals surface area (Å²) in [6.07, 6.45) is 3.74. The van der Waals surface area contributed by atoms with Gasteiger partial charge in [-0.25, -0.2) is 0 Å². The molecule has 1 aromatic rings. The molecule has 2 rings (SSSR count). The first-order valence-corrected chi connectivity index (χ1v) is 7.73. The summed E-state index contributed by atoms with van der Waals surface area (Å²) in [6, 6.07) is 0. The molecule has 1 aromatic heterocycles. The van der Waals surface area contributed by atoms with E-state index in [-0.39, 0.29) is 6.61 Å². The topological polar surface area (TPSA) is 41.3 Å². The normalized spacial score (nSPS) is 21.1. The molecule has 2 heterocycles. The van der Waals surface area contributed by atoms with Gasteiger partial charge in [-0.2, -0.15) is 5.10 Å². The van der Waals surface area contributed by atoms with Crippen LogP contribution in [-0.2, 0) is 13.7 Å². The molecule has 1 N–H and O–H groups in total. The van der Waals surface area contributed by atoms with Gasteiger partial charge in [0.1, 0.15) is 5.82 Å². The third kappa shape index (κ3) is 3.00. The van der Waals surface area contributed by atoms with E-state index < -0.39 is 0 Å². The molecule has 0 aliphatic carbocycles. The smallest absolute Gasteiger partial charge is 0.132 e. The van der Waals surface area contributed by atoms with E-state index in [1.165, 1.54) is 19.3 Å². The van der Waals surface area contributed by atoms with Crippen molar-refractivity contribution in [3.8, 4) is 0 Å². The largest absolute Gasteiger partial charge is 0.391 e. The van der Waals surface area contributed by atoms with Crippen molar-refractivity contribution >= 4 is 5.82 Å². The average molecular weight is 279 g/mol. The number of aliphatic hydroxyl groups excluding tert-OH is 1. The van der Waals surface area contributed by atoms with Gasteiger partial charge >= 0.3 is 0 Å². The second-order valence-corrected chi connectivity index (χ2v) is 7.15. The fourth-order valence-electron chi connectivity index (χ4n) is 3.44. The van der Waals surface area contributed by atoms with Crippen molar-refractivity contribution in [2.75, 3.05) is 18.0 Å². The monoisotopic (exact) mass is 279 g/mol. The van der Waals surface area contributed by atoms with E-state index in [0.29, 0.717) is 5.41 Å². The molecule has 1 aliphatic heterocycles. The lowest BCUT2D eigenvalue weighted by atomic mass is 9.77. The van der Waals surface area contributed by atoms with Gasteiger partial charge in [-0.3, -0.25) is 4.68 Å². The van der Waals surface area contributed by atoms with Gasteiger partial charge in [-0.15, -0.1) is 0 Å². The number of anilines is 1. The fourth-order valence-corrected chi connectivity index (χ4v) is 3.44. The van der Waals surface area contributed by atoms with Crippen molar-refractivity contribution < 1.29 is 5.11 Å². The van der Waals surface area contributed by atoms with Crippen LogP contribution in [0.15, 0.2) is 0 Å². The van der Waals surface area contributed by atoms with Crippen molar-refractivity contribution in [2.45, 2.75) is 53.6 Å². The minimum Gasteiger partial charge on any atom is -0.391 e. The molecule has 1 unspecified atom stereocenters. The van der Waals surface area contributed by atoms with Gasteiger partial charge in [0.15, 0.2) is 0 Å². The number of aliphatic hydroxyl groups is 1. The van der Waals surface area contributed by atoms with Crippen LogP contribution in [-0.4, -0.2) is 28.0 Å². The van der Waals surface area contributed by atoms with E-state index in [4.69, 9.17) is 0 Å². The molecule has 0 radical (unpaired) electrons. The molecule has 0 spiro atoms. The van der Waals surface area contributed by atoms with Crippen molar-refractivity contribution in [3.63, 3.8) is 0 Å². The van der Waals surface area contributed by atoms with Crippen LogP contribution in [0.3, 0.4) is 0 Å². The minimum absolute atomic E-state index is 0.0776. The highest BCUT2D eigenvalue weighted by molar-refractivity contribution is 5.50. The van der Waals surface area contributed by atoms with Gasteiger partial charge in [0.2, 0.25) is 0 Å². The third-order valence-electron chi connectivity index (χ3n) is 4.72. The number of hydrogen-bond donors (Lipinski definition) is 1. The first-order valence-electron chi connectivity index (χ1n) is 7.73. The van der Waals surface area contributed by atoms with Gasteiger partial charge in [-0.05, 0) is 37.5 Å². The maximum atomic E-state index is 9.61. The molecular weight excluding hydrogens is 250 g/mol. The molecule has 1 saturated heterocycles. The molecule has 0 aromatic carbocycles. The van der Waals surface area contributed by atoms with Crippen molar-refractivity contribution in [2.24, 2.45) is 18.4 Å². The molecule has 0 saturated carbocycles. The minimum atomic E-state index is 0.0776. The number of aromatic nitrogens is 2. The number of rotatable bonds is 2. The second kappa shape index (κ2) is 5.76. The number of hydrogen-bond acceptors (Lipinski definition) is 3. The van der Waals surface area contributed by atoms with Crippen LogP contribution in [0.4, 0.5) is 5.82 Å². The second-order valence-electron chi connectivity index (χ2n) is 7.15. The lowest BCUT2D eigenvalue weighted by Crippen LogP contribution is -2.28. The molecule has 1 fully saturated rings. The molecule has 4 heteroatoms. The van der Waals surface area contributed by atoms with Crippen molar-refractivity contribution in [3.05, 3.63) is 11.3 Å². The maximum Gasteiger partial charge on any atom is 0.132 e. The van der Waals surface area contributed by atoms with Crippen LogP contribution in [0.25, 0.3) is 0 Å². The fraction of sp³-hybridized carbons (Fsp3) is 0.812. The molecule has 0 bridgehead atoms.